The molecule has 0 spiro atoms. The van der Waals surface area contributed by atoms with Crippen molar-refractivity contribution in [2.45, 2.75) is 19.6 Å². The van der Waals surface area contributed by atoms with Crippen LogP contribution in [0.5, 0.6) is 11.5 Å². The predicted molar refractivity (Wildman–Crippen MR) is 100 cm³/mol. The summed E-state index contributed by atoms with van der Waals surface area (Å²) in [4.78, 5) is 24.7. The van der Waals surface area contributed by atoms with Gasteiger partial charge in [-0.15, -0.1) is 0 Å². The zero-order valence-corrected chi connectivity index (χ0v) is 15.4. The molecule has 1 aliphatic heterocycles. The highest BCUT2D eigenvalue weighted by atomic mass is 19.1. The minimum Gasteiger partial charge on any atom is -0.485 e. The van der Waals surface area contributed by atoms with Gasteiger partial charge in [0.05, 0.1) is 24.1 Å². The Balaban J connectivity index is 1.89. The Morgan fingerprint density at radius 2 is 2.07 bits per heavy atom. The summed E-state index contributed by atoms with van der Waals surface area (Å²) < 4.78 is 32.7. The summed E-state index contributed by atoms with van der Waals surface area (Å²) in [5.74, 6) is -1.38. The number of carbonyl (C=O) groups is 1. The van der Waals surface area contributed by atoms with Crippen LogP contribution in [0, 0.1) is 5.82 Å². The molecular weight excluding hydrogens is 365 g/mol. The van der Waals surface area contributed by atoms with Crippen LogP contribution < -0.4 is 14.9 Å². The van der Waals surface area contributed by atoms with E-state index in [1.807, 2.05) is 37.3 Å². The maximum atomic E-state index is 14.8. The van der Waals surface area contributed by atoms with Crippen molar-refractivity contribution in [1.29, 1.82) is 0 Å². The van der Waals surface area contributed by atoms with Crippen molar-refractivity contribution in [3.05, 3.63) is 69.8 Å². The molecule has 3 aromatic rings. The number of aromatic nitrogens is 1. The van der Waals surface area contributed by atoms with Crippen molar-refractivity contribution in [3.8, 4) is 11.5 Å². The first-order valence-corrected chi connectivity index (χ1v) is 8.80. The van der Waals surface area contributed by atoms with Crippen LogP contribution in [0.4, 0.5) is 4.39 Å². The molecule has 0 radical (unpaired) electrons. The SMILES string of the molecule is COC(=O)c1cn2c3c(c(OCc4ccccc4)c(F)cc3c1=O)OCC2C. The highest BCUT2D eigenvalue weighted by molar-refractivity contribution is 5.96. The second-order valence-corrected chi connectivity index (χ2v) is 6.62. The minimum atomic E-state index is -0.763. The molecular formula is C21H18FNO5. The summed E-state index contributed by atoms with van der Waals surface area (Å²) in [6.45, 7) is 2.28. The first-order chi connectivity index (χ1) is 13.5. The molecule has 4 rings (SSSR count). The van der Waals surface area contributed by atoms with E-state index in [-0.39, 0.29) is 41.7 Å². The van der Waals surface area contributed by atoms with Gasteiger partial charge in [0, 0.05) is 6.20 Å². The Labute approximate surface area is 160 Å². The van der Waals surface area contributed by atoms with Gasteiger partial charge in [-0.25, -0.2) is 9.18 Å². The van der Waals surface area contributed by atoms with E-state index in [2.05, 4.69) is 4.74 Å². The Bertz CT molecular complexity index is 1120. The molecule has 6 nitrogen and oxygen atoms in total. The Kier molecular flexibility index (Phi) is 4.50. The molecule has 1 unspecified atom stereocenters. The van der Waals surface area contributed by atoms with Crippen molar-refractivity contribution >= 4 is 16.9 Å². The van der Waals surface area contributed by atoms with Gasteiger partial charge in [-0.3, -0.25) is 4.79 Å². The van der Waals surface area contributed by atoms with Gasteiger partial charge in [-0.05, 0) is 18.6 Å². The second-order valence-electron chi connectivity index (χ2n) is 6.62. The van der Waals surface area contributed by atoms with Gasteiger partial charge >= 0.3 is 5.97 Å². The van der Waals surface area contributed by atoms with Crippen LogP contribution in [0.3, 0.4) is 0 Å². The maximum absolute atomic E-state index is 14.8. The van der Waals surface area contributed by atoms with E-state index < -0.39 is 17.2 Å². The number of esters is 1. The zero-order chi connectivity index (χ0) is 19.8. The topological polar surface area (TPSA) is 66.8 Å². The lowest BCUT2D eigenvalue weighted by Crippen LogP contribution is -2.27. The fourth-order valence-corrected chi connectivity index (χ4v) is 3.32. The minimum absolute atomic E-state index is 0.0500. The van der Waals surface area contributed by atoms with E-state index >= 15 is 0 Å². The average molecular weight is 383 g/mol. The molecule has 0 aliphatic carbocycles. The lowest BCUT2D eigenvalue weighted by atomic mass is 10.1. The van der Waals surface area contributed by atoms with E-state index in [4.69, 9.17) is 9.47 Å². The van der Waals surface area contributed by atoms with Crippen LogP contribution >= 0.6 is 0 Å². The highest BCUT2D eigenvalue weighted by Crippen LogP contribution is 2.41. The van der Waals surface area contributed by atoms with E-state index in [1.165, 1.54) is 13.3 Å². The van der Waals surface area contributed by atoms with Gasteiger partial charge in [0.25, 0.3) is 0 Å². The van der Waals surface area contributed by atoms with Gasteiger partial charge in [0.2, 0.25) is 5.43 Å². The standard InChI is InChI=1S/C21H18FNO5/c1-12-10-27-20-17-14(18(24)15(9-23(12)17)21(25)26-2)8-16(22)19(20)28-11-13-6-4-3-5-7-13/h3-9,12H,10-11H2,1-2H3. The Morgan fingerprint density at radius 3 is 2.79 bits per heavy atom. The largest absolute Gasteiger partial charge is 0.485 e. The van der Waals surface area contributed by atoms with Crippen LogP contribution in [0.2, 0.25) is 0 Å². The molecule has 144 valence electrons. The molecule has 2 heterocycles. The molecule has 1 aliphatic rings. The van der Waals surface area contributed by atoms with Crippen LogP contribution in [0.15, 0.2) is 47.4 Å². The van der Waals surface area contributed by atoms with Crippen LogP contribution in [0.25, 0.3) is 10.9 Å². The summed E-state index contributed by atoms with van der Waals surface area (Å²) in [5.41, 5.74) is 0.523. The van der Waals surface area contributed by atoms with E-state index in [1.54, 1.807) is 4.57 Å². The third-order valence-corrected chi connectivity index (χ3v) is 4.76. The van der Waals surface area contributed by atoms with E-state index in [0.717, 1.165) is 11.6 Å². The van der Waals surface area contributed by atoms with Crippen molar-refractivity contribution in [3.63, 3.8) is 0 Å². The smallest absolute Gasteiger partial charge is 0.343 e. The van der Waals surface area contributed by atoms with E-state index in [9.17, 15) is 14.0 Å². The molecule has 0 fully saturated rings. The highest BCUT2D eigenvalue weighted by Gasteiger charge is 2.29. The fourth-order valence-electron chi connectivity index (χ4n) is 3.32. The lowest BCUT2D eigenvalue weighted by Gasteiger charge is -2.28. The predicted octanol–water partition coefficient (Wildman–Crippen LogP) is 3.46. The molecule has 1 atom stereocenters. The summed E-state index contributed by atoms with van der Waals surface area (Å²) in [5, 5.41) is 0.0500. The molecule has 0 amide bonds. The summed E-state index contributed by atoms with van der Waals surface area (Å²) in [6.07, 6.45) is 1.44. The summed E-state index contributed by atoms with van der Waals surface area (Å²) >= 11 is 0. The summed E-state index contributed by atoms with van der Waals surface area (Å²) in [7, 11) is 1.20. The third-order valence-electron chi connectivity index (χ3n) is 4.76. The molecule has 0 N–H and O–H groups in total. The third kappa shape index (κ3) is 2.89. The first-order valence-electron chi connectivity index (χ1n) is 8.80. The zero-order valence-electron chi connectivity index (χ0n) is 15.4. The van der Waals surface area contributed by atoms with Gasteiger partial charge < -0.3 is 18.8 Å². The number of halogens is 1. The number of hydrogen-bond donors (Lipinski definition) is 0. The van der Waals surface area contributed by atoms with Gasteiger partial charge in [0.1, 0.15) is 18.8 Å². The average Bonchev–Trinajstić information content (AvgIpc) is 2.71. The molecule has 0 saturated heterocycles. The number of pyridine rings is 1. The fraction of sp³-hybridized carbons (Fsp3) is 0.238. The van der Waals surface area contributed by atoms with Crippen LogP contribution in [0.1, 0.15) is 28.9 Å². The monoisotopic (exact) mass is 383 g/mol. The molecule has 2 aromatic carbocycles. The van der Waals surface area contributed by atoms with Gasteiger partial charge in [-0.2, -0.15) is 0 Å². The lowest BCUT2D eigenvalue weighted by molar-refractivity contribution is 0.0598. The quantitative estimate of drug-likeness (QED) is 0.646. The second kappa shape index (κ2) is 6.99. The molecule has 7 heteroatoms. The van der Waals surface area contributed by atoms with Crippen molar-refractivity contribution in [1.82, 2.24) is 4.57 Å². The number of rotatable bonds is 4. The van der Waals surface area contributed by atoms with Crippen molar-refractivity contribution in [2.75, 3.05) is 13.7 Å². The van der Waals surface area contributed by atoms with Crippen molar-refractivity contribution in [2.24, 2.45) is 0 Å². The first kappa shape index (κ1) is 18.0. The Hall–Kier alpha value is -3.35. The number of benzene rings is 2. The molecule has 0 bridgehead atoms. The van der Waals surface area contributed by atoms with Crippen LogP contribution in [-0.2, 0) is 11.3 Å². The molecule has 0 saturated carbocycles. The van der Waals surface area contributed by atoms with Crippen molar-refractivity contribution < 1.29 is 23.4 Å². The molecule has 28 heavy (non-hydrogen) atoms. The Morgan fingerprint density at radius 1 is 1.32 bits per heavy atom. The number of ether oxygens (including phenoxy) is 3. The number of carbonyl (C=O) groups excluding carboxylic acids is 1. The molecule has 1 aromatic heterocycles. The number of hydrogen-bond acceptors (Lipinski definition) is 5. The van der Waals surface area contributed by atoms with Gasteiger partial charge in [0.15, 0.2) is 17.3 Å². The number of methoxy groups -OCH3 is 1. The number of nitrogens with zero attached hydrogens (tertiary/aromatic N) is 1. The normalized spacial score (nSPS) is 15.2. The summed E-state index contributed by atoms with van der Waals surface area (Å²) in [6, 6.07) is 10.3. The maximum Gasteiger partial charge on any atom is 0.343 e. The van der Waals surface area contributed by atoms with Crippen LogP contribution in [-0.4, -0.2) is 24.3 Å². The van der Waals surface area contributed by atoms with Gasteiger partial charge in [-0.1, -0.05) is 30.3 Å². The van der Waals surface area contributed by atoms with E-state index in [0.29, 0.717) is 5.52 Å².